The van der Waals surface area contributed by atoms with Crippen LogP contribution in [0.4, 0.5) is 0 Å². The second kappa shape index (κ2) is 3.38. The van der Waals surface area contributed by atoms with Crippen molar-refractivity contribution in [3.05, 3.63) is 35.9 Å². The van der Waals surface area contributed by atoms with Gasteiger partial charge >= 0.3 is 0 Å². The molecule has 1 fully saturated rings. The highest BCUT2D eigenvalue weighted by molar-refractivity contribution is 5.62. The highest BCUT2D eigenvalue weighted by Gasteiger charge is 2.28. The topological polar surface area (TPSA) is 52.1 Å². The summed E-state index contributed by atoms with van der Waals surface area (Å²) in [6.07, 6.45) is 7.56. The van der Waals surface area contributed by atoms with Crippen molar-refractivity contribution in [2.24, 2.45) is 0 Å². The third kappa shape index (κ3) is 1.83. The Kier molecular flexibility index (Phi) is 1.91. The van der Waals surface area contributed by atoms with E-state index in [0.29, 0.717) is 11.8 Å². The van der Waals surface area contributed by atoms with Crippen LogP contribution in [0.1, 0.15) is 36.2 Å². The zero-order valence-corrected chi connectivity index (χ0v) is 8.09. The Labute approximate surface area is 86.6 Å². The van der Waals surface area contributed by atoms with Crippen LogP contribution in [0.3, 0.4) is 0 Å². The van der Waals surface area contributed by atoms with Gasteiger partial charge in [-0.25, -0.2) is 0 Å². The van der Waals surface area contributed by atoms with Crippen molar-refractivity contribution in [2.45, 2.75) is 18.8 Å². The van der Waals surface area contributed by atoms with Crippen LogP contribution >= 0.6 is 0 Å². The van der Waals surface area contributed by atoms with E-state index in [9.17, 15) is 0 Å². The first-order valence-corrected chi connectivity index (χ1v) is 4.97. The van der Waals surface area contributed by atoms with Crippen molar-refractivity contribution in [1.82, 2.24) is 10.1 Å². The van der Waals surface area contributed by atoms with E-state index < -0.39 is 0 Å². The first kappa shape index (κ1) is 8.47. The van der Waals surface area contributed by atoms with Gasteiger partial charge in [0.15, 0.2) is 5.82 Å². The number of rotatable bonds is 3. The molecule has 1 aliphatic carbocycles. The summed E-state index contributed by atoms with van der Waals surface area (Å²) < 4.78 is 10.2. The Morgan fingerprint density at radius 3 is 3.00 bits per heavy atom. The van der Waals surface area contributed by atoms with E-state index in [2.05, 4.69) is 10.1 Å². The van der Waals surface area contributed by atoms with Gasteiger partial charge in [-0.1, -0.05) is 5.16 Å². The van der Waals surface area contributed by atoms with Gasteiger partial charge in [0.1, 0.15) is 5.76 Å². The Balaban J connectivity index is 1.75. The standard InChI is InChI=1S/C11H10N2O2/c1-2-9(14-7-1)5-6-10-12-11(13-15-10)8-3-4-8/h1-2,5-8H,3-4H2/b6-5+. The van der Waals surface area contributed by atoms with Gasteiger partial charge in [0, 0.05) is 12.0 Å². The molecule has 0 radical (unpaired) electrons. The summed E-state index contributed by atoms with van der Waals surface area (Å²) in [6.45, 7) is 0. The SMILES string of the molecule is C(=C\c1nc(C2CC2)no1)/c1ccco1. The second-order valence-corrected chi connectivity index (χ2v) is 3.61. The second-order valence-electron chi connectivity index (χ2n) is 3.61. The molecule has 0 bridgehead atoms. The largest absolute Gasteiger partial charge is 0.465 e. The lowest BCUT2D eigenvalue weighted by molar-refractivity contribution is 0.403. The molecule has 0 saturated heterocycles. The molecule has 1 aliphatic rings. The summed E-state index contributed by atoms with van der Waals surface area (Å²) in [7, 11) is 0. The number of furan rings is 1. The predicted molar refractivity (Wildman–Crippen MR) is 53.9 cm³/mol. The van der Waals surface area contributed by atoms with Crippen LogP contribution in [0.25, 0.3) is 12.2 Å². The van der Waals surface area contributed by atoms with E-state index in [1.54, 1.807) is 12.3 Å². The van der Waals surface area contributed by atoms with Gasteiger partial charge in [-0.05, 0) is 31.1 Å². The Morgan fingerprint density at radius 2 is 2.27 bits per heavy atom. The van der Waals surface area contributed by atoms with Crippen LogP contribution < -0.4 is 0 Å². The van der Waals surface area contributed by atoms with Crippen molar-refractivity contribution in [1.29, 1.82) is 0 Å². The highest BCUT2D eigenvalue weighted by atomic mass is 16.5. The van der Waals surface area contributed by atoms with Crippen LogP contribution in [-0.4, -0.2) is 10.1 Å². The molecule has 15 heavy (non-hydrogen) atoms. The van der Waals surface area contributed by atoms with Crippen LogP contribution in [0.5, 0.6) is 0 Å². The Bertz CT molecular complexity index is 467. The summed E-state index contributed by atoms with van der Waals surface area (Å²) in [4.78, 5) is 4.27. The molecule has 2 heterocycles. The molecule has 0 aliphatic heterocycles. The minimum Gasteiger partial charge on any atom is -0.465 e. The first-order chi connectivity index (χ1) is 7.42. The summed E-state index contributed by atoms with van der Waals surface area (Å²) >= 11 is 0. The normalized spacial score (nSPS) is 16.3. The fraction of sp³-hybridized carbons (Fsp3) is 0.273. The van der Waals surface area contributed by atoms with Crippen molar-refractivity contribution in [3.8, 4) is 0 Å². The summed E-state index contributed by atoms with van der Waals surface area (Å²) in [6, 6.07) is 3.71. The van der Waals surface area contributed by atoms with Gasteiger partial charge in [-0.2, -0.15) is 4.98 Å². The molecule has 4 heteroatoms. The molecule has 2 aromatic heterocycles. The molecule has 0 atom stereocenters. The lowest BCUT2D eigenvalue weighted by atomic mass is 10.4. The molecule has 0 amide bonds. The minimum atomic E-state index is 0.527. The smallest absolute Gasteiger partial charge is 0.250 e. The molecular weight excluding hydrogens is 192 g/mol. The molecule has 0 aromatic carbocycles. The highest BCUT2D eigenvalue weighted by Crippen LogP contribution is 2.38. The third-order valence-corrected chi connectivity index (χ3v) is 2.33. The molecule has 4 nitrogen and oxygen atoms in total. The van der Waals surface area contributed by atoms with Gasteiger partial charge in [0.25, 0.3) is 5.89 Å². The Morgan fingerprint density at radius 1 is 1.33 bits per heavy atom. The predicted octanol–water partition coefficient (Wildman–Crippen LogP) is 2.71. The average molecular weight is 202 g/mol. The van der Waals surface area contributed by atoms with Crippen molar-refractivity contribution < 1.29 is 8.94 Å². The number of nitrogens with zero attached hydrogens (tertiary/aromatic N) is 2. The molecule has 0 N–H and O–H groups in total. The zero-order chi connectivity index (χ0) is 10.1. The van der Waals surface area contributed by atoms with Gasteiger partial charge in [0.05, 0.1) is 6.26 Å². The summed E-state index contributed by atoms with van der Waals surface area (Å²) in [5.74, 6) is 2.67. The maximum Gasteiger partial charge on any atom is 0.250 e. The van der Waals surface area contributed by atoms with Crippen LogP contribution in [0, 0.1) is 0 Å². The molecule has 76 valence electrons. The first-order valence-electron chi connectivity index (χ1n) is 4.97. The molecule has 3 rings (SSSR count). The van der Waals surface area contributed by atoms with Crippen molar-refractivity contribution in [2.75, 3.05) is 0 Å². The lowest BCUT2D eigenvalue weighted by Gasteiger charge is -1.81. The van der Waals surface area contributed by atoms with Gasteiger partial charge in [-0.3, -0.25) is 0 Å². The van der Waals surface area contributed by atoms with Crippen molar-refractivity contribution >= 4 is 12.2 Å². The fourth-order valence-electron chi connectivity index (χ4n) is 1.36. The van der Waals surface area contributed by atoms with E-state index in [0.717, 1.165) is 11.6 Å². The summed E-state index contributed by atoms with van der Waals surface area (Å²) in [5.41, 5.74) is 0. The van der Waals surface area contributed by atoms with Gasteiger partial charge < -0.3 is 8.94 Å². The van der Waals surface area contributed by atoms with E-state index in [-0.39, 0.29) is 0 Å². The quantitative estimate of drug-likeness (QED) is 0.767. The monoisotopic (exact) mass is 202 g/mol. The van der Waals surface area contributed by atoms with E-state index in [1.807, 2.05) is 18.2 Å². The van der Waals surface area contributed by atoms with E-state index >= 15 is 0 Å². The average Bonchev–Trinajstić information content (AvgIpc) is 2.82. The molecule has 2 aromatic rings. The van der Waals surface area contributed by atoms with Crippen LogP contribution in [0.15, 0.2) is 27.3 Å². The van der Waals surface area contributed by atoms with Crippen LogP contribution in [0.2, 0.25) is 0 Å². The maximum absolute atomic E-state index is 5.15. The van der Waals surface area contributed by atoms with Crippen LogP contribution in [-0.2, 0) is 0 Å². The molecule has 0 unspecified atom stereocenters. The number of hydrogen-bond donors (Lipinski definition) is 0. The van der Waals surface area contributed by atoms with Gasteiger partial charge in [0.2, 0.25) is 0 Å². The third-order valence-electron chi connectivity index (χ3n) is 2.33. The number of hydrogen-bond acceptors (Lipinski definition) is 4. The van der Waals surface area contributed by atoms with Crippen molar-refractivity contribution in [3.63, 3.8) is 0 Å². The molecular formula is C11H10N2O2. The van der Waals surface area contributed by atoms with E-state index in [4.69, 9.17) is 8.94 Å². The Hall–Kier alpha value is -1.84. The summed E-state index contributed by atoms with van der Waals surface area (Å²) in [5, 5.41) is 3.91. The zero-order valence-electron chi connectivity index (χ0n) is 8.09. The molecule has 1 saturated carbocycles. The lowest BCUT2D eigenvalue weighted by Crippen LogP contribution is -1.80. The minimum absolute atomic E-state index is 0.527. The number of aromatic nitrogens is 2. The van der Waals surface area contributed by atoms with Gasteiger partial charge in [-0.15, -0.1) is 0 Å². The van der Waals surface area contributed by atoms with E-state index in [1.165, 1.54) is 12.8 Å². The maximum atomic E-state index is 5.15. The molecule has 0 spiro atoms. The fourth-order valence-corrected chi connectivity index (χ4v) is 1.36.